The average Bonchev–Trinajstić information content (AvgIpc) is 3.02. The number of hydrogen-bond acceptors (Lipinski definition) is 3. The number of carbonyl (C=O) groups excluding carboxylic acids is 2. The molecule has 0 bridgehead atoms. The van der Waals surface area contributed by atoms with Crippen LogP contribution in [-0.2, 0) is 16.1 Å². The van der Waals surface area contributed by atoms with Gasteiger partial charge in [0.05, 0.1) is 12.6 Å². The van der Waals surface area contributed by atoms with Crippen LogP contribution < -0.4 is 5.32 Å². The standard InChI is InChI=1S/C27H39N3O3/c1-4-5-8-17-30(20-26(31)29(3)19-22-15-13-21(2)14-16-22)27(32)28-24-11-9-18-33-25-12-7-6-10-23(24)25/h6,10,13-16,24H,4-5,7-9,11-12,17-20H2,1-3H3,(H,28,32). The molecule has 1 atom stereocenters. The number of nitrogens with zero attached hydrogens (tertiary/aromatic N) is 2. The number of carbonyl (C=O) groups is 2. The first-order valence-corrected chi connectivity index (χ1v) is 12.3. The number of benzene rings is 1. The Morgan fingerprint density at radius 3 is 2.73 bits per heavy atom. The van der Waals surface area contributed by atoms with Crippen LogP contribution in [0.15, 0.2) is 47.7 Å². The molecule has 1 aliphatic carbocycles. The molecular weight excluding hydrogens is 414 g/mol. The van der Waals surface area contributed by atoms with E-state index in [1.54, 1.807) is 16.8 Å². The van der Waals surface area contributed by atoms with Gasteiger partial charge >= 0.3 is 6.03 Å². The number of amides is 3. The third kappa shape index (κ3) is 7.37. The van der Waals surface area contributed by atoms with Crippen molar-refractivity contribution in [1.29, 1.82) is 0 Å². The molecule has 0 fully saturated rings. The van der Waals surface area contributed by atoms with Gasteiger partial charge in [0.1, 0.15) is 12.3 Å². The Kier molecular flexibility index (Phi) is 9.40. The number of rotatable bonds is 9. The van der Waals surface area contributed by atoms with E-state index in [-0.39, 0.29) is 24.5 Å². The molecule has 33 heavy (non-hydrogen) atoms. The van der Waals surface area contributed by atoms with Crippen LogP contribution in [0.1, 0.15) is 63.0 Å². The minimum atomic E-state index is -0.166. The Bertz CT molecular complexity index is 860. The Morgan fingerprint density at radius 1 is 1.18 bits per heavy atom. The molecular formula is C27H39N3O3. The first-order valence-electron chi connectivity index (χ1n) is 12.3. The smallest absolute Gasteiger partial charge is 0.318 e. The zero-order valence-electron chi connectivity index (χ0n) is 20.4. The molecule has 1 N–H and O–H groups in total. The lowest BCUT2D eigenvalue weighted by atomic mass is 9.96. The summed E-state index contributed by atoms with van der Waals surface area (Å²) in [6.07, 6.45) is 10.8. The number of hydrogen-bond donors (Lipinski definition) is 1. The summed E-state index contributed by atoms with van der Waals surface area (Å²) in [5.41, 5.74) is 3.37. The molecule has 1 heterocycles. The number of ether oxygens (including phenoxy) is 1. The molecule has 0 radical (unpaired) electrons. The van der Waals surface area contributed by atoms with Gasteiger partial charge in [-0.2, -0.15) is 0 Å². The second kappa shape index (κ2) is 12.5. The van der Waals surface area contributed by atoms with Crippen molar-refractivity contribution >= 4 is 11.9 Å². The second-order valence-corrected chi connectivity index (χ2v) is 9.18. The number of urea groups is 1. The number of allylic oxidation sites excluding steroid dienone is 2. The fourth-order valence-corrected chi connectivity index (χ4v) is 4.30. The monoisotopic (exact) mass is 453 g/mol. The number of unbranched alkanes of at least 4 members (excludes halogenated alkanes) is 2. The molecule has 1 unspecified atom stereocenters. The van der Waals surface area contributed by atoms with E-state index in [1.807, 2.05) is 19.1 Å². The van der Waals surface area contributed by atoms with E-state index in [4.69, 9.17) is 4.74 Å². The Morgan fingerprint density at radius 2 is 1.97 bits per heavy atom. The van der Waals surface area contributed by atoms with Crippen molar-refractivity contribution in [1.82, 2.24) is 15.1 Å². The molecule has 3 amide bonds. The summed E-state index contributed by atoms with van der Waals surface area (Å²) in [5, 5.41) is 3.21. The predicted octanol–water partition coefficient (Wildman–Crippen LogP) is 4.94. The highest BCUT2D eigenvalue weighted by molar-refractivity contribution is 5.84. The predicted molar refractivity (Wildman–Crippen MR) is 132 cm³/mol. The van der Waals surface area contributed by atoms with E-state index in [0.29, 0.717) is 19.7 Å². The summed E-state index contributed by atoms with van der Waals surface area (Å²) < 4.78 is 5.92. The Labute approximate surface area is 198 Å². The van der Waals surface area contributed by atoms with Crippen LogP contribution in [0.25, 0.3) is 0 Å². The molecule has 3 rings (SSSR count). The summed E-state index contributed by atoms with van der Waals surface area (Å²) in [6.45, 7) is 6.08. The molecule has 0 aromatic heterocycles. The first-order chi connectivity index (χ1) is 16.0. The van der Waals surface area contributed by atoms with E-state index >= 15 is 0 Å². The quantitative estimate of drug-likeness (QED) is 0.539. The van der Waals surface area contributed by atoms with Crippen molar-refractivity contribution in [3.05, 3.63) is 58.9 Å². The zero-order valence-corrected chi connectivity index (χ0v) is 20.4. The van der Waals surface area contributed by atoms with Crippen molar-refractivity contribution in [2.24, 2.45) is 0 Å². The molecule has 6 heteroatoms. The topological polar surface area (TPSA) is 61.9 Å². The average molecular weight is 454 g/mol. The van der Waals surface area contributed by atoms with Crippen LogP contribution in [0.4, 0.5) is 4.79 Å². The van der Waals surface area contributed by atoms with Gasteiger partial charge in [0.25, 0.3) is 0 Å². The van der Waals surface area contributed by atoms with E-state index in [2.05, 4.69) is 36.5 Å². The molecule has 0 saturated carbocycles. The minimum absolute atomic E-state index is 0.0520. The summed E-state index contributed by atoms with van der Waals surface area (Å²) in [7, 11) is 1.80. The zero-order chi connectivity index (χ0) is 23.6. The van der Waals surface area contributed by atoms with Crippen molar-refractivity contribution < 1.29 is 14.3 Å². The molecule has 0 spiro atoms. The van der Waals surface area contributed by atoms with Gasteiger partial charge in [-0.15, -0.1) is 0 Å². The Balaban J connectivity index is 1.64. The van der Waals surface area contributed by atoms with Gasteiger partial charge in [-0.3, -0.25) is 4.79 Å². The lowest BCUT2D eigenvalue weighted by Crippen LogP contribution is -2.49. The normalized spacial score (nSPS) is 17.6. The summed E-state index contributed by atoms with van der Waals surface area (Å²) >= 11 is 0. The van der Waals surface area contributed by atoms with Crippen molar-refractivity contribution in [3.8, 4) is 0 Å². The van der Waals surface area contributed by atoms with Crippen molar-refractivity contribution in [2.75, 3.05) is 26.7 Å². The molecule has 6 nitrogen and oxygen atoms in total. The van der Waals surface area contributed by atoms with Crippen LogP contribution in [-0.4, -0.2) is 54.5 Å². The van der Waals surface area contributed by atoms with Crippen LogP contribution in [0, 0.1) is 6.92 Å². The summed E-state index contributed by atoms with van der Waals surface area (Å²) in [5.74, 6) is 0.954. The minimum Gasteiger partial charge on any atom is -0.498 e. The van der Waals surface area contributed by atoms with E-state index in [0.717, 1.165) is 61.8 Å². The van der Waals surface area contributed by atoms with Crippen LogP contribution in [0.2, 0.25) is 0 Å². The highest BCUT2D eigenvalue weighted by Crippen LogP contribution is 2.27. The van der Waals surface area contributed by atoms with Gasteiger partial charge in [0.15, 0.2) is 0 Å². The maximum atomic E-state index is 13.3. The van der Waals surface area contributed by atoms with Crippen molar-refractivity contribution in [2.45, 2.75) is 71.4 Å². The number of aryl methyl sites for hydroxylation is 1. The van der Waals surface area contributed by atoms with Crippen LogP contribution in [0.3, 0.4) is 0 Å². The first kappa shape index (κ1) is 24.9. The van der Waals surface area contributed by atoms with E-state index in [1.165, 1.54) is 5.56 Å². The van der Waals surface area contributed by atoms with E-state index in [9.17, 15) is 9.59 Å². The summed E-state index contributed by atoms with van der Waals surface area (Å²) in [4.78, 5) is 29.7. The fourth-order valence-electron chi connectivity index (χ4n) is 4.30. The van der Waals surface area contributed by atoms with Gasteiger partial charge in [0, 0.05) is 32.1 Å². The number of likely N-dealkylation sites (N-methyl/N-ethyl adjacent to an activating group) is 1. The van der Waals surface area contributed by atoms with Gasteiger partial charge in [0.2, 0.25) is 5.91 Å². The molecule has 1 aromatic rings. The van der Waals surface area contributed by atoms with Crippen molar-refractivity contribution in [3.63, 3.8) is 0 Å². The maximum absolute atomic E-state index is 13.3. The van der Waals surface area contributed by atoms with Crippen LogP contribution >= 0.6 is 0 Å². The second-order valence-electron chi connectivity index (χ2n) is 9.18. The van der Waals surface area contributed by atoms with Gasteiger partial charge in [-0.1, -0.05) is 61.7 Å². The molecule has 180 valence electrons. The fraction of sp³-hybridized carbons (Fsp3) is 0.556. The molecule has 1 aromatic carbocycles. The SMILES string of the molecule is CCCCCN(CC(=O)N(C)Cc1ccc(C)cc1)C(=O)NC1CCCOC2=C1C=CCC2. The van der Waals surface area contributed by atoms with E-state index < -0.39 is 0 Å². The largest absolute Gasteiger partial charge is 0.498 e. The number of nitrogens with one attached hydrogen (secondary N) is 1. The van der Waals surface area contributed by atoms with Gasteiger partial charge < -0.3 is 19.9 Å². The lowest BCUT2D eigenvalue weighted by molar-refractivity contribution is -0.131. The molecule has 1 aliphatic heterocycles. The third-order valence-electron chi connectivity index (χ3n) is 6.36. The third-order valence-corrected chi connectivity index (χ3v) is 6.36. The highest BCUT2D eigenvalue weighted by Gasteiger charge is 2.27. The van der Waals surface area contributed by atoms with Gasteiger partial charge in [-0.05, 0) is 38.2 Å². The molecule has 2 aliphatic rings. The van der Waals surface area contributed by atoms with Crippen LogP contribution in [0.5, 0.6) is 0 Å². The maximum Gasteiger partial charge on any atom is 0.318 e. The Hall–Kier alpha value is -2.76. The molecule has 0 saturated heterocycles. The van der Waals surface area contributed by atoms with Gasteiger partial charge in [-0.25, -0.2) is 4.79 Å². The summed E-state index contributed by atoms with van der Waals surface area (Å²) in [6, 6.07) is 7.96. The highest BCUT2D eigenvalue weighted by atomic mass is 16.5. The lowest BCUT2D eigenvalue weighted by Gasteiger charge is -2.29.